The maximum Gasteiger partial charge on any atom is 0.249 e. The van der Waals surface area contributed by atoms with E-state index in [2.05, 4.69) is 10.4 Å². The number of aryl methyl sites for hydroxylation is 1. The van der Waals surface area contributed by atoms with Gasteiger partial charge in [0.25, 0.3) is 0 Å². The molecule has 7 heteroatoms. The van der Waals surface area contributed by atoms with E-state index in [9.17, 15) is 14.9 Å². The van der Waals surface area contributed by atoms with Gasteiger partial charge in [-0.15, -0.1) is 0 Å². The molecule has 3 aromatic carbocycles. The van der Waals surface area contributed by atoms with E-state index in [0.29, 0.717) is 16.8 Å². The maximum atomic E-state index is 13.1. The summed E-state index contributed by atoms with van der Waals surface area (Å²) in [6.45, 7) is 0. The Kier molecular flexibility index (Phi) is 4.90. The molecule has 0 aliphatic rings. The molecule has 0 saturated carbocycles. The summed E-state index contributed by atoms with van der Waals surface area (Å²) >= 11 is 0. The number of carbonyl (C=O) groups is 2. The van der Waals surface area contributed by atoms with Crippen LogP contribution in [0.2, 0.25) is 0 Å². The summed E-state index contributed by atoms with van der Waals surface area (Å²) in [5, 5.41) is 19.1. The Morgan fingerprint density at radius 3 is 2.50 bits per heavy atom. The van der Waals surface area contributed by atoms with Crippen molar-refractivity contribution in [1.29, 1.82) is 5.26 Å². The number of methoxy groups -OCH3 is 1. The van der Waals surface area contributed by atoms with E-state index in [4.69, 9.17) is 4.74 Å². The van der Waals surface area contributed by atoms with Crippen molar-refractivity contribution in [2.75, 3.05) is 12.4 Å². The van der Waals surface area contributed by atoms with E-state index >= 15 is 0 Å². The van der Waals surface area contributed by atoms with E-state index < -0.39 is 17.6 Å². The fraction of sp³-hybridized carbons (Fsp3) is 0.130. The fourth-order valence-electron chi connectivity index (χ4n) is 3.49. The van der Waals surface area contributed by atoms with Crippen molar-refractivity contribution in [2.24, 2.45) is 13.0 Å². The quantitative estimate of drug-likeness (QED) is 0.408. The highest BCUT2D eigenvalue weighted by Crippen LogP contribution is 2.28. The van der Waals surface area contributed by atoms with Gasteiger partial charge in [-0.1, -0.05) is 30.3 Å². The first-order valence-corrected chi connectivity index (χ1v) is 9.26. The number of nitriles is 1. The van der Waals surface area contributed by atoms with Crippen molar-refractivity contribution in [3.63, 3.8) is 0 Å². The van der Waals surface area contributed by atoms with Crippen molar-refractivity contribution in [3.8, 4) is 11.8 Å². The topological polar surface area (TPSA) is 97.0 Å². The zero-order valence-corrected chi connectivity index (χ0v) is 16.4. The van der Waals surface area contributed by atoms with Crippen LogP contribution in [0.4, 0.5) is 5.69 Å². The number of nitrogens with one attached hydrogen (secondary N) is 1. The summed E-state index contributed by atoms with van der Waals surface area (Å²) in [6.07, 6.45) is 0. The molecule has 1 amide bonds. The molecule has 7 nitrogen and oxygen atoms in total. The molecule has 1 N–H and O–H groups in total. The highest BCUT2D eigenvalue weighted by Gasteiger charge is 2.31. The van der Waals surface area contributed by atoms with Crippen LogP contribution in [0, 0.1) is 17.2 Å². The van der Waals surface area contributed by atoms with Crippen molar-refractivity contribution >= 4 is 39.1 Å². The molecule has 4 aromatic rings. The molecule has 1 unspecified atom stereocenters. The van der Waals surface area contributed by atoms with Gasteiger partial charge in [-0.2, -0.15) is 10.4 Å². The Morgan fingerprint density at radius 2 is 1.80 bits per heavy atom. The Bertz CT molecular complexity index is 1320. The standard InChI is InChI=1S/C23H18N4O3/c1-27-21-17-6-4-3-5-14(17)7-12-18(21)20(26-27)22(28)19(13-24)23(29)25-15-8-10-16(30-2)11-9-15/h3-12,19H,1-2H3,(H,25,29). The van der Waals surface area contributed by atoms with Crippen LogP contribution < -0.4 is 10.1 Å². The number of Topliss-reactive ketones (excluding diaryl/α,β-unsaturated/α-hetero) is 1. The van der Waals surface area contributed by atoms with E-state index in [-0.39, 0.29) is 5.69 Å². The summed E-state index contributed by atoms with van der Waals surface area (Å²) in [4.78, 5) is 25.7. The number of hydrogen-bond acceptors (Lipinski definition) is 5. The molecular formula is C23H18N4O3. The number of carbonyl (C=O) groups excluding carboxylic acids is 2. The van der Waals surface area contributed by atoms with E-state index in [1.807, 2.05) is 36.4 Å². The van der Waals surface area contributed by atoms with Crippen LogP contribution in [-0.4, -0.2) is 28.6 Å². The summed E-state index contributed by atoms with van der Waals surface area (Å²) in [5.74, 6) is -2.22. The van der Waals surface area contributed by atoms with Crippen molar-refractivity contribution < 1.29 is 14.3 Å². The molecule has 0 radical (unpaired) electrons. The summed E-state index contributed by atoms with van der Waals surface area (Å²) in [7, 11) is 3.28. The van der Waals surface area contributed by atoms with Gasteiger partial charge in [0, 0.05) is 23.5 Å². The minimum absolute atomic E-state index is 0.106. The van der Waals surface area contributed by atoms with Gasteiger partial charge in [0.05, 0.1) is 18.7 Å². The lowest BCUT2D eigenvalue weighted by Gasteiger charge is -2.09. The first-order chi connectivity index (χ1) is 14.5. The van der Waals surface area contributed by atoms with Gasteiger partial charge in [0.1, 0.15) is 11.4 Å². The van der Waals surface area contributed by atoms with E-state index in [1.165, 1.54) is 0 Å². The first-order valence-electron chi connectivity index (χ1n) is 9.26. The molecule has 1 heterocycles. The number of fused-ring (bicyclic) bond motifs is 3. The molecule has 0 aliphatic heterocycles. The minimum Gasteiger partial charge on any atom is -0.497 e. The third-order valence-corrected chi connectivity index (χ3v) is 4.97. The zero-order valence-electron chi connectivity index (χ0n) is 16.4. The Morgan fingerprint density at radius 1 is 1.07 bits per heavy atom. The third kappa shape index (κ3) is 3.25. The monoisotopic (exact) mass is 398 g/mol. The fourth-order valence-corrected chi connectivity index (χ4v) is 3.49. The number of hydrogen-bond donors (Lipinski definition) is 1. The second-order valence-electron chi connectivity index (χ2n) is 6.80. The second-order valence-corrected chi connectivity index (χ2v) is 6.80. The molecule has 0 spiro atoms. The van der Waals surface area contributed by atoms with Crippen molar-refractivity contribution in [2.45, 2.75) is 0 Å². The van der Waals surface area contributed by atoms with Gasteiger partial charge in [-0.3, -0.25) is 14.3 Å². The number of amides is 1. The molecule has 0 bridgehead atoms. The van der Waals surface area contributed by atoms with Crippen LogP contribution in [0.15, 0.2) is 60.7 Å². The number of ether oxygens (including phenoxy) is 1. The third-order valence-electron chi connectivity index (χ3n) is 4.97. The van der Waals surface area contributed by atoms with Crippen LogP contribution in [0.1, 0.15) is 10.5 Å². The van der Waals surface area contributed by atoms with Gasteiger partial charge >= 0.3 is 0 Å². The normalized spacial score (nSPS) is 11.8. The largest absolute Gasteiger partial charge is 0.497 e. The van der Waals surface area contributed by atoms with Crippen LogP contribution in [0.5, 0.6) is 5.75 Å². The van der Waals surface area contributed by atoms with Gasteiger partial charge in [0.15, 0.2) is 5.92 Å². The molecule has 30 heavy (non-hydrogen) atoms. The number of ketones is 1. The number of benzene rings is 3. The van der Waals surface area contributed by atoms with Gasteiger partial charge < -0.3 is 10.1 Å². The Hall–Kier alpha value is -4.18. The second kappa shape index (κ2) is 7.68. The molecule has 148 valence electrons. The Balaban J connectivity index is 1.68. The molecule has 0 aliphatic carbocycles. The predicted molar refractivity (Wildman–Crippen MR) is 113 cm³/mol. The molecule has 0 fully saturated rings. The molecular weight excluding hydrogens is 380 g/mol. The SMILES string of the molecule is COc1ccc(NC(=O)C(C#N)C(=O)c2nn(C)c3c2ccc2ccccc23)cc1. The predicted octanol–water partition coefficient (Wildman–Crippen LogP) is 3.70. The number of rotatable bonds is 5. The maximum absolute atomic E-state index is 13.1. The number of anilines is 1. The first kappa shape index (κ1) is 19.2. The summed E-state index contributed by atoms with van der Waals surface area (Å²) < 4.78 is 6.69. The van der Waals surface area contributed by atoms with Gasteiger partial charge in [-0.25, -0.2) is 0 Å². The van der Waals surface area contributed by atoms with Crippen LogP contribution in [0.25, 0.3) is 21.7 Å². The number of nitrogens with zero attached hydrogens (tertiary/aromatic N) is 3. The lowest BCUT2D eigenvalue weighted by Crippen LogP contribution is -2.29. The van der Waals surface area contributed by atoms with Crippen LogP contribution in [-0.2, 0) is 11.8 Å². The molecule has 4 rings (SSSR count). The van der Waals surface area contributed by atoms with Gasteiger partial charge in [-0.05, 0) is 35.7 Å². The van der Waals surface area contributed by atoms with Gasteiger partial charge in [0.2, 0.25) is 11.7 Å². The Labute approximate surface area is 172 Å². The van der Waals surface area contributed by atoms with Crippen molar-refractivity contribution in [1.82, 2.24) is 9.78 Å². The molecule has 1 aromatic heterocycles. The van der Waals surface area contributed by atoms with E-state index in [0.717, 1.165) is 16.3 Å². The highest BCUT2D eigenvalue weighted by molar-refractivity contribution is 6.21. The average Bonchev–Trinajstić information content (AvgIpc) is 3.11. The van der Waals surface area contributed by atoms with Crippen LogP contribution in [0.3, 0.4) is 0 Å². The van der Waals surface area contributed by atoms with Crippen LogP contribution >= 0.6 is 0 Å². The lowest BCUT2D eigenvalue weighted by molar-refractivity contribution is -0.117. The number of aromatic nitrogens is 2. The zero-order chi connectivity index (χ0) is 21.3. The molecule has 1 atom stereocenters. The molecule has 0 saturated heterocycles. The summed E-state index contributed by atoms with van der Waals surface area (Å²) in [6, 6.07) is 19.9. The lowest BCUT2D eigenvalue weighted by atomic mass is 9.98. The summed E-state index contributed by atoms with van der Waals surface area (Å²) in [5.41, 5.74) is 1.35. The average molecular weight is 398 g/mol. The van der Waals surface area contributed by atoms with Crippen molar-refractivity contribution in [3.05, 3.63) is 66.4 Å². The minimum atomic E-state index is -1.52. The highest BCUT2D eigenvalue weighted by atomic mass is 16.5. The van der Waals surface area contributed by atoms with E-state index in [1.54, 1.807) is 49.2 Å². The smallest absolute Gasteiger partial charge is 0.249 e.